The Hall–Kier alpha value is -1.58. The largest absolute Gasteiger partial charge is 0.469 e. The Kier molecular flexibility index (Phi) is 13.4. The van der Waals surface area contributed by atoms with Crippen molar-refractivity contribution in [1.29, 1.82) is 0 Å². The van der Waals surface area contributed by atoms with E-state index in [1.54, 1.807) is 0 Å². The van der Waals surface area contributed by atoms with E-state index in [2.05, 4.69) is 85.5 Å². The first-order chi connectivity index (χ1) is 15.5. The van der Waals surface area contributed by atoms with Gasteiger partial charge < -0.3 is 13.6 Å². The summed E-state index contributed by atoms with van der Waals surface area (Å²) >= 11 is 0. The van der Waals surface area contributed by atoms with Crippen LogP contribution in [0.15, 0.2) is 24.3 Å². The molecule has 6 heteroatoms. The minimum Gasteiger partial charge on any atom is -0.469 e. The summed E-state index contributed by atoms with van der Waals surface area (Å²) in [5.74, 6) is 8.88. The van der Waals surface area contributed by atoms with Crippen LogP contribution in [0.3, 0.4) is 0 Å². The third kappa shape index (κ3) is 12.2. The summed E-state index contributed by atoms with van der Waals surface area (Å²) in [6.07, 6.45) is 15.2. The molecule has 0 radical (unpaired) electrons. The number of allylic oxidation sites excluding steroid dienone is 3. The number of ether oxygens (including phenoxy) is 1. The number of hydrogen-bond acceptors (Lipinski definition) is 4. The highest BCUT2D eigenvalue weighted by molar-refractivity contribution is 6.74. The van der Waals surface area contributed by atoms with Crippen molar-refractivity contribution in [2.45, 2.75) is 116 Å². The van der Waals surface area contributed by atoms with Gasteiger partial charge in [-0.1, -0.05) is 71.6 Å². The SMILES string of the molecule is C#CC[C@H](/C=C/C=C/C#C[C@H](CCCC(=O)OC)O[Si](C)(C)C(C)(C)C)O[Si](C)(C)C(C)(C)C. The van der Waals surface area contributed by atoms with Crippen LogP contribution >= 0.6 is 0 Å². The molecule has 0 spiro atoms. The van der Waals surface area contributed by atoms with Crippen LogP contribution in [0.2, 0.25) is 36.3 Å². The molecule has 0 bridgehead atoms. The smallest absolute Gasteiger partial charge is 0.305 e. The zero-order chi connectivity index (χ0) is 26.6. The lowest BCUT2D eigenvalue weighted by Gasteiger charge is -2.38. The van der Waals surface area contributed by atoms with Gasteiger partial charge in [0.25, 0.3) is 0 Å². The first-order valence-corrected chi connectivity index (χ1v) is 18.0. The van der Waals surface area contributed by atoms with Crippen LogP contribution < -0.4 is 0 Å². The van der Waals surface area contributed by atoms with Gasteiger partial charge in [0.15, 0.2) is 16.6 Å². The molecule has 0 aliphatic rings. The van der Waals surface area contributed by atoms with Crippen molar-refractivity contribution < 1.29 is 18.4 Å². The van der Waals surface area contributed by atoms with E-state index in [1.807, 2.05) is 24.3 Å². The van der Waals surface area contributed by atoms with Gasteiger partial charge in [0, 0.05) is 12.8 Å². The first kappa shape index (κ1) is 32.4. The molecule has 0 aliphatic carbocycles. The predicted molar refractivity (Wildman–Crippen MR) is 150 cm³/mol. The van der Waals surface area contributed by atoms with Crippen LogP contribution in [0.25, 0.3) is 0 Å². The van der Waals surface area contributed by atoms with Crippen molar-refractivity contribution in [3.05, 3.63) is 24.3 Å². The molecule has 0 aromatic carbocycles. The fourth-order valence-electron chi connectivity index (χ4n) is 2.48. The molecule has 0 saturated carbocycles. The Labute approximate surface area is 212 Å². The van der Waals surface area contributed by atoms with E-state index in [1.165, 1.54) is 7.11 Å². The lowest BCUT2D eigenvalue weighted by Crippen LogP contribution is -2.43. The highest BCUT2D eigenvalue weighted by atomic mass is 28.4. The Morgan fingerprint density at radius 1 is 0.971 bits per heavy atom. The second-order valence-corrected chi connectivity index (χ2v) is 21.2. The van der Waals surface area contributed by atoms with Crippen LogP contribution in [0.5, 0.6) is 0 Å². The van der Waals surface area contributed by atoms with Crippen molar-refractivity contribution in [2.24, 2.45) is 0 Å². The minimum absolute atomic E-state index is 0.0873. The van der Waals surface area contributed by atoms with Gasteiger partial charge in [-0.15, -0.1) is 12.3 Å². The van der Waals surface area contributed by atoms with Gasteiger partial charge in [0.2, 0.25) is 0 Å². The number of hydrogen-bond donors (Lipinski definition) is 0. The van der Waals surface area contributed by atoms with Gasteiger partial charge in [-0.3, -0.25) is 4.79 Å². The Morgan fingerprint density at radius 3 is 2.03 bits per heavy atom. The fourth-order valence-corrected chi connectivity index (χ4v) is 4.99. The highest BCUT2D eigenvalue weighted by Gasteiger charge is 2.39. The Balaban J connectivity index is 5.30. The predicted octanol–water partition coefficient (Wildman–Crippen LogP) is 7.25. The maximum atomic E-state index is 11.5. The molecule has 0 rings (SSSR count). The molecule has 0 aromatic rings. The molecular weight excluding hydrogens is 456 g/mol. The summed E-state index contributed by atoms with van der Waals surface area (Å²) in [5.41, 5.74) is 0. The zero-order valence-electron chi connectivity index (χ0n) is 23.5. The van der Waals surface area contributed by atoms with Crippen molar-refractivity contribution in [3.63, 3.8) is 0 Å². The molecule has 0 aliphatic heterocycles. The molecule has 0 unspecified atom stereocenters. The van der Waals surface area contributed by atoms with E-state index in [0.29, 0.717) is 25.7 Å². The number of carbonyl (C=O) groups is 1. The van der Waals surface area contributed by atoms with Crippen molar-refractivity contribution in [1.82, 2.24) is 0 Å². The van der Waals surface area contributed by atoms with Gasteiger partial charge in [0.05, 0.1) is 13.2 Å². The summed E-state index contributed by atoms with van der Waals surface area (Å²) in [7, 11) is -2.47. The van der Waals surface area contributed by atoms with E-state index in [0.717, 1.165) is 0 Å². The van der Waals surface area contributed by atoms with Gasteiger partial charge in [-0.25, -0.2) is 0 Å². The van der Waals surface area contributed by atoms with Crippen molar-refractivity contribution >= 4 is 22.6 Å². The van der Waals surface area contributed by atoms with Gasteiger partial charge in [0.1, 0.15) is 6.10 Å². The molecule has 0 amide bonds. The molecule has 0 fully saturated rings. The van der Waals surface area contributed by atoms with E-state index in [-0.39, 0.29) is 28.3 Å². The fraction of sp³-hybridized carbons (Fsp3) is 0.679. The standard InChI is InChI=1S/C28H48O4Si2/c1-13-19-24(31-33(9,10)27(2,3)4)20-16-14-15-17-21-25(22-18-23-26(29)30-8)32-34(11,12)28(5,6)7/h1,14-16,20,24-25H,18-19,22-23H2,2-12H3/b15-14+,20-16+/t24-,25-/m1/s1. The van der Waals surface area contributed by atoms with Crippen LogP contribution in [-0.2, 0) is 18.4 Å². The van der Waals surface area contributed by atoms with E-state index in [9.17, 15) is 4.79 Å². The van der Waals surface area contributed by atoms with Gasteiger partial charge >= 0.3 is 5.97 Å². The van der Waals surface area contributed by atoms with Gasteiger partial charge in [-0.2, -0.15) is 0 Å². The molecule has 0 N–H and O–H groups in total. The summed E-state index contributed by atoms with van der Waals surface area (Å²) < 4.78 is 17.7. The topological polar surface area (TPSA) is 44.8 Å². The number of esters is 1. The number of carbonyl (C=O) groups excluding carboxylic acids is 1. The summed E-state index contributed by atoms with van der Waals surface area (Å²) in [5, 5.41) is 0.214. The average molecular weight is 505 g/mol. The molecule has 0 aromatic heterocycles. The number of rotatable bonds is 11. The average Bonchev–Trinajstić information content (AvgIpc) is 2.67. The lowest BCUT2D eigenvalue weighted by molar-refractivity contribution is -0.140. The lowest BCUT2D eigenvalue weighted by atomic mass is 10.1. The third-order valence-corrected chi connectivity index (χ3v) is 15.7. The first-order valence-electron chi connectivity index (χ1n) is 12.2. The molecule has 4 nitrogen and oxygen atoms in total. The second-order valence-electron chi connectivity index (χ2n) is 11.7. The maximum Gasteiger partial charge on any atom is 0.305 e. The monoisotopic (exact) mass is 504 g/mol. The van der Waals surface area contributed by atoms with E-state index < -0.39 is 16.6 Å². The molecule has 2 atom stereocenters. The van der Waals surface area contributed by atoms with Crippen LogP contribution in [0.1, 0.15) is 67.2 Å². The Bertz CT molecular complexity index is 793. The number of terminal acetylenes is 1. The maximum absolute atomic E-state index is 11.5. The molecule has 192 valence electrons. The highest BCUT2D eigenvalue weighted by Crippen LogP contribution is 2.38. The van der Waals surface area contributed by atoms with Gasteiger partial charge in [-0.05, 0) is 55.2 Å². The summed E-state index contributed by atoms with van der Waals surface area (Å²) in [4.78, 5) is 11.5. The quantitative estimate of drug-likeness (QED) is 0.129. The van der Waals surface area contributed by atoms with Crippen LogP contribution in [-0.4, -0.2) is 41.9 Å². The zero-order valence-corrected chi connectivity index (χ0v) is 25.5. The van der Waals surface area contributed by atoms with E-state index >= 15 is 0 Å². The molecule has 0 heterocycles. The van der Waals surface area contributed by atoms with Crippen LogP contribution in [0, 0.1) is 24.2 Å². The minimum atomic E-state index is -1.98. The van der Waals surface area contributed by atoms with Crippen molar-refractivity contribution in [3.8, 4) is 24.2 Å². The third-order valence-electron chi connectivity index (χ3n) is 6.75. The van der Waals surface area contributed by atoms with E-state index in [4.69, 9.17) is 20.0 Å². The Morgan fingerprint density at radius 2 is 1.53 bits per heavy atom. The summed E-state index contributed by atoms with van der Waals surface area (Å²) in [6, 6.07) is 0. The molecule has 0 saturated heterocycles. The molecule has 34 heavy (non-hydrogen) atoms. The van der Waals surface area contributed by atoms with Crippen LogP contribution in [0.4, 0.5) is 0 Å². The summed E-state index contributed by atoms with van der Waals surface area (Å²) in [6.45, 7) is 22.2. The number of methoxy groups -OCH3 is 1. The normalized spacial score (nSPS) is 15.0. The molecular formula is C28H48O4Si2. The van der Waals surface area contributed by atoms with Crippen molar-refractivity contribution in [2.75, 3.05) is 7.11 Å². The second kappa shape index (κ2) is 14.1.